The molecule has 2 aromatic carbocycles. The average Bonchev–Trinajstić information content (AvgIpc) is 2.98. The largest absolute Gasteiger partial charge is 0.344 e. The second-order valence-electron chi connectivity index (χ2n) is 6.76. The Morgan fingerprint density at radius 3 is 2.48 bits per heavy atom. The molecule has 27 heavy (non-hydrogen) atoms. The molecular formula is C21H23N3O2S. The predicted molar refractivity (Wildman–Crippen MR) is 109 cm³/mol. The van der Waals surface area contributed by atoms with E-state index in [4.69, 9.17) is 0 Å². The Morgan fingerprint density at radius 2 is 1.78 bits per heavy atom. The average molecular weight is 382 g/mol. The van der Waals surface area contributed by atoms with Crippen LogP contribution in [0, 0.1) is 20.8 Å². The summed E-state index contributed by atoms with van der Waals surface area (Å²) in [5.74, 6) is 0.0438. The van der Waals surface area contributed by atoms with Gasteiger partial charge in [0.2, 0.25) is 0 Å². The molecule has 0 saturated carbocycles. The summed E-state index contributed by atoms with van der Waals surface area (Å²) in [5, 5.41) is 6.78. The molecule has 0 saturated heterocycles. The highest BCUT2D eigenvalue weighted by atomic mass is 32.2. The maximum atomic E-state index is 13.0. The van der Waals surface area contributed by atoms with Crippen LogP contribution in [-0.4, -0.2) is 25.8 Å². The van der Waals surface area contributed by atoms with Gasteiger partial charge in [-0.25, -0.2) is 9.89 Å². The number of rotatable bonds is 6. The Balaban J connectivity index is 1.82. The SMILES string of the molecule is Cc1cc(C)c(C(=O)C(C)Sc2n[nH]c(=O)n2Cc2ccccc2)cc1C. The van der Waals surface area contributed by atoms with Crippen LogP contribution < -0.4 is 5.69 Å². The molecule has 0 radical (unpaired) electrons. The number of benzene rings is 2. The third-order valence-electron chi connectivity index (χ3n) is 4.66. The standard InChI is InChI=1S/C21H23N3O2S/c1-13-10-15(3)18(11-14(13)2)19(25)16(4)27-21-23-22-20(26)24(21)12-17-8-6-5-7-9-17/h5-11,16H,12H2,1-4H3,(H,22,26). The zero-order valence-corrected chi connectivity index (χ0v) is 16.8. The highest BCUT2D eigenvalue weighted by molar-refractivity contribution is 8.00. The maximum absolute atomic E-state index is 13.0. The number of carbonyl (C=O) groups is 1. The van der Waals surface area contributed by atoms with Crippen LogP contribution in [0.4, 0.5) is 0 Å². The Hall–Kier alpha value is -2.60. The van der Waals surface area contributed by atoms with Crippen molar-refractivity contribution in [2.45, 2.75) is 44.6 Å². The first-order valence-electron chi connectivity index (χ1n) is 8.84. The molecule has 1 atom stereocenters. The smallest absolute Gasteiger partial charge is 0.293 e. The van der Waals surface area contributed by atoms with E-state index in [-0.39, 0.29) is 16.7 Å². The van der Waals surface area contributed by atoms with E-state index >= 15 is 0 Å². The van der Waals surface area contributed by atoms with Gasteiger partial charge < -0.3 is 0 Å². The molecule has 0 bridgehead atoms. The topological polar surface area (TPSA) is 67.8 Å². The van der Waals surface area contributed by atoms with Crippen LogP contribution in [0.1, 0.15) is 39.5 Å². The summed E-state index contributed by atoms with van der Waals surface area (Å²) in [6, 6.07) is 13.7. The van der Waals surface area contributed by atoms with E-state index in [9.17, 15) is 9.59 Å². The van der Waals surface area contributed by atoms with E-state index in [1.165, 1.54) is 17.3 Å². The molecule has 0 aliphatic rings. The number of carbonyl (C=O) groups excluding carboxylic acids is 1. The lowest BCUT2D eigenvalue weighted by atomic mass is 9.97. The van der Waals surface area contributed by atoms with Gasteiger partial charge in [0.25, 0.3) is 0 Å². The number of thioether (sulfide) groups is 1. The molecule has 3 aromatic rings. The number of H-pyrrole nitrogens is 1. The molecule has 0 aliphatic heterocycles. The monoisotopic (exact) mass is 381 g/mol. The molecule has 5 nitrogen and oxygen atoms in total. The van der Waals surface area contributed by atoms with Gasteiger partial charge in [-0.05, 0) is 56.0 Å². The Morgan fingerprint density at radius 1 is 1.11 bits per heavy atom. The van der Waals surface area contributed by atoms with E-state index in [1.54, 1.807) is 4.57 Å². The molecule has 0 aliphatic carbocycles. The summed E-state index contributed by atoms with van der Waals surface area (Å²) in [5.41, 5.74) is 4.70. The number of aromatic amines is 1. The second kappa shape index (κ2) is 7.96. The number of ketones is 1. The van der Waals surface area contributed by atoms with Crippen molar-refractivity contribution in [1.29, 1.82) is 0 Å². The van der Waals surface area contributed by atoms with Gasteiger partial charge in [0, 0.05) is 5.56 Å². The fourth-order valence-electron chi connectivity index (χ4n) is 2.96. The van der Waals surface area contributed by atoms with E-state index in [0.717, 1.165) is 22.3 Å². The number of hydrogen-bond acceptors (Lipinski definition) is 4. The van der Waals surface area contributed by atoms with Gasteiger partial charge >= 0.3 is 5.69 Å². The fourth-order valence-corrected chi connectivity index (χ4v) is 3.88. The Bertz CT molecular complexity index is 1020. The maximum Gasteiger partial charge on any atom is 0.344 e. The van der Waals surface area contributed by atoms with Gasteiger partial charge in [0.05, 0.1) is 11.8 Å². The summed E-state index contributed by atoms with van der Waals surface area (Å²) < 4.78 is 1.57. The molecule has 0 spiro atoms. The highest BCUT2D eigenvalue weighted by Crippen LogP contribution is 2.26. The van der Waals surface area contributed by atoms with Crippen molar-refractivity contribution in [1.82, 2.24) is 14.8 Å². The summed E-state index contributed by atoms with van der Waals surface area (Å²) in [6.07, 6.45) is 0. The number of nitrogens with one attached hydrogen (secondary N) is 1. The fraction of sp³-hybridized carbons (Fsp3) is 0.286. The third-order valence-corrected chi connectivity index (χ3v) is 5.75. The van der Waals surface area contributed by atoms with E-state index < -0.39 is 0 Å². The number of hydrogen-bond donors (Lipinski definition) is 1. The zero-order valence-electron chi connectivity index (χ0n) is 15.9. The minimum absolute atomic E-state index is 0.0438. The van der Waals surface area contributed by atoms with Gasteiger partial charge in [0.1, 0.15) is 0 Å². The van der Waals surface area contributed by atoms with Gasteiger partial charge in [0.15, 0.2) is 10.9 Å². The van der Waals surface area contributed by atoms with E-state index in [0.29, 0.717) is 11.7 Å². The first-order valence-corrected chi connectivity index (χ1v) is 9.72. The molecule has 1 unspecified atom stereocenters. The molecule has 6 heteroatoms. The second-order valence-corrected chi connectivity index (χ2v) is 8.07. The molecule has 3 rings (SSSR count). The summed E-state index contributed by atoms with van der Waals surface area (Å²) in [7, 11) is 0. The third kappa shape index (κ3) is 4.22. The predicted octanol–water partition coefficient (Wildman–Crippen LogP) is 3.91. The normalized spacial score (nSPS) is 12.1. The van der Waals surface area contributed by atoms with Gasteiger partial charge in [-0.2, -0.15) is 0 Å². The van der Waals surface area contributed by atoms with Gasteiger partial charge in [-0.1, -0.05) is 48.2 Å². The van der Waals surface area contributed by atoms with Crippen molar-refractivity contribution in [3.8, 4) is 0 Å². The van der Waals surface area contributed by atoms with E-state index in [2.05, 4.69) is 10.2 Å². The molecular weight excluding hydrogens is 358 g/mol. The van der Waals surface area contributed by atoms with Crippen molar-refractivity contribution < 1.29 is 4.79 Å². The van der Waals surface area contributed by atoms with Crippen molar-refractivity contribution in [3.63, 3.8) is 0 Å². The number of aryl methyl sites for hydroxylation is 3. The lowest BCUT2D eigenvalue weighted by molar-refractivity contribution is 0.0993. The summed E-state index contributed by atoms with van der Waals surface area (Å²) >= 11 is 1.30. The molecule has 1 heterocycles. The highest BCUT2D eigenvalue weighted by Gasteiger charge is 2.22. The first kappa shape index (κ1) is 19.2. The van der Waals surface area contributed by atoms with E-state index in [1.807, 2.05) is 70.2 Å². The molecule has 1 N–H and O–H groups in total. The molecule has 0 amide bonds. The Labute approximate surface area is 162 Å². The number of Topliss-reactive ketones (excluding diaryl/α,β-unsaturated/α-hetero) is 1. The minimum atomic E-state index is -0.351. The van der Waals surface area contributed by atoms with Gasteiger partial charge in [-0.15, -0.1) is 5.10 Å². The van der Waals surface area contributed by atoms with Crippen molar-refractivity contribution in [2.24, 2.45) is 0 Å². The Kier molecular flexibility index (Phi) is 5.65. The number of aromatic nitrogens is 3. The summed E-state index contributed by atoms with van der Waals surface area (Å²) in [4.78, 5) is 25.1. The van der Waals surface area contributed by atoms with Crippen LogP contribution in [0.25, 0.3) is 0 Å². The first-order chi connectivity index (χ1) is 12.9. The van der Waals surface area contributed by atoms with Crippen molar-refractivity contribution in [2.75, 3.05) is 0 Å². The van der Waals surface area contributed by atoms with Crippen LogP contribution in [0.2, 0.25) is 0 Å². The van der Waals surface area contributed by atoms with Crippen LogP contribution in [0.3, 0.4) is 0 Å². The molecule has 1 aromatic heterocycles. The lowest BCUT2D eigenvalue weighted by Gasteiger charge is -2.14. The van der Waals surface area contributed by atoms with Crippen LogP contribution in [0.15, 0.2) is 52.4 Å². The quantitative estimate of drug-likeness (QED) is 0.519. The zero-order chi connectivity index (χ0) is 19.6. The van der Waals surface area contributed by atoms with Crippen molar-refractivity contribution >= 4 is 17.5 Å². The number of nitrogens with zero attached hydrogens (tertiary/aromatic N) is 2. The minimum Gasteiger partial charge on any atom is -0.293 e. The van der Waals surface area contributed by atoms with Crippen LogP contribution in [0.5, 0.6) is 0 Å². The lowest BCUT2D eigenvalue weighted by Crippen LogP contribution is -2.20. The van der Waals surface area contributed by atoms with Crippen molar-refractivity contribution in [3.05, 3.63) is 80.8 Å². The molecule has 0 fully saturated rings. The van der Waals surface area contributed by atoms with Gasteiger partial charge in [-0.3, -0.25) is 9.36 Å². The van der Waals surface area contributed by atoms with Crippen LogP contribution in [-0.2, 0) is 6.54 Å². The van der Waals surface area contributed by atoms with Crippen LogP contribution >= 0.6 is 11.8 Å². The summed E-state index contributed by atoms with van der Waals surface area (Å²) in [6.45, 7) is 8.28. The molecule has 140 valence electrons.